The van der Waals surface area contributed by atoms with Crippen molar-refractivity contribution in [2.24, 2.45) is 0 Å². The van der Waals surface area contributed by atoms with Crippen molar-refractivity contribution in [1.29, 1.82) is 0 Å². The zero-order chi connectivity index (χ0) is 33.6. The number of nitrogens with zero attached hydrogens (tertiary/aromatic N) is 4. The maximum absolute atomic E-state index is 10.6. The molecule has 0 amide bonds. The highest BCUT2D eigenvalue weighted by Gasteiger charge is 2.21. The lowest BCUT2D eigenvalue weighted by molar-refractivity contribution is 0.0437. The number of benzene rings is 3. The Balaban J connectivity index is 0.917. The fourth-order valence-corrected chi connectivity index (χ4v) is 6.21. The third kappa shape index (κ3) is 11.9. The van der Waals surface area contributed by atoms with Gasteiger partial charge in [-0.25, -0.2) is 0 Å². The number of piperazine rings is 2. The second-order valence-electron chi connectivity index (χ2n) is 12.7. The molecular formula is C38H54N4O6. The molecule has 2 N–H and O–H groups in total. The molecule has 2 heterocycles. The van der Waals surface area contributed by atoms with Gasteiger partial charge in [-0.15, -0.1) is 0 Å². The maximum Gasteiger partial charge on any atom is 0.119 e. The van der Waals surface area contributed by atoms with Crippen molar-refractivity contribution in [3.63, 3.8) is 0 Å². The molecule has 5 rings (SSSR count). The Morgan fingerprint density at radius 1 is 0.458 bits per heavy atom. The zero-order valence-corrected chi connectivity index (χ0v) is 28.7. The number of ether oxygens (including phenoxy) is 4. The first-order valence-corrected chi connectivity index (χ1v) is 17.5. The summed E-state index contributed by atoms with van der Waals surface area (Å²) in [5.41, 5.74) is 2.57. The normalized spacial score (nSPS) is 17.9. The van der Waals surface area contributed by atoms with Crippen LogP contribution in [0.2, 0.25) is 0 Å². The van der Waals surface area contributed by atoms with Crippen LogP contribution in [0.15, 0.2) is 72.8 Å². The van der Waals surface area contributed by atoms with Gasteiger partial charge < -0.3 is 29.2 Å². The Morgan fingerprint density at radius 2 is 0.750 bits per heavy atom. The molecule has 0 spiro atoms. The molecule has 10 heteroatoms. The number of β-amino-alcohol motifs (C(OH)–C–C–N with tert-alkyl or cyclic N) is 2. The third-order valence-corrected chi connectivity index (χ3v) is 8.86. The molecule has 2 unspecified atom stereocenters. The van der Waals surface area contributed by atoms with Gasteiger partial charge in [0.25, 0.3) is 0 Å². The van der Waals surface area contributed by atoms with Crippen LogP contribution in [0.3, 0.4) is 0 Å². The van der Waals surface area contributed by atoms with E-state index in [1.165, 1.54) is 11.1 Å². The van der Waals surface area contributed by atoms with Gasteiger partial charge in [0.15, 0.2) is 0 Å². The molecule has 0 aliphatic carbocycles. The van der Waals surface area contributed by atoms with E-state index >= 15 is 0 Å². The van der Waals surface area contributed by atoms with Crippen molar-refractivity contribution in [2.45, 2.75) is 39.1 Å². The molecule has 2 fully saturated rings. The summed E-state index contributed by atoms with van der Waals surface area (Å²) < 4.78 is 22.8. The molecule has 0 saturated carbocycles. The van der Waals surface area contributed by atoms with E-state index in [-0.39, 0.29) is 13.2 Å². The summed E-state index contributed by atoms with van der Waals surface area (Å²) >= 11 is 0. The number of hydrogen-bond acceptors (Lipinski definition) is 10. The Kier molecular flexibility index (Phi) is 14.2. The molecule has 2 saturated heterocycles. The predicted octanol–water partition coefficient (Wildman–Crippen LogP) is 3.60. The first-order valence-electron chi connectivity index (χ1n) is 17.5. The van der Waals surface area contributed by atoms with E-state index in [0.29, 0.717) is 37.8 Å². The summed E-state index contributed by atoms with van der Waals surface area (Å²) in [7, 11) is 0. The molecule has 2 aliphatic rings. The van der Waals surface area contributed by atoms with Crippen LogP contribution in [0.25, 0.3) is 0 Å². The van der Waals surface area contributed by atoms with Gasteiger partial charge in [-0.05, 0) is 73.5 Å². The van der Waals surface area contributed by atoms with Crippen LogP contribution in [-0.2, 0) is 13.1 Å². The van der Waals surface area contributed by atoms with Gasteiger partial charge in [0, 0.05) is 78.5 Å². The van der Waals surface area contributed by atoms with E-state index in [1.54, 1.807) is 0 Å². The van der Waals surface area contributed by atoms with Crippen LogP contribution in [0, 0.1) is 0 Å². The Labute approximate surface area is 286 Å². The first kappa shape index (κ1) is 35.9. The number of aliphatic hydroxyl groups excluding tert-OH is 2. The fraction of sp³-hybridized carbons (Fsp3) is 0.526. The lowest BCUT2D eigenvalue weighted by Crippen LogP contribution is -2.48. The largest absolute Gasteiger partial charge is 0.494 e. The van der Waals surface area contributed by atoms with Crippen LogP contribution < -0.4 is 18.9 Å². The molecule has 0 radical (unpaired) electrons. The molecule has 262 valence electrons. The summed E-state index contributed by atoms with van der Waals surface area (Å²) in [6.07, 6.45) is -1.13. The minimum atomic E-state index is -0.567. The van der Waals surface area contributed by atoms with Crippen molar-refractivity contribution in [1.82, 2.24) is 19.6 Å². The lowest BCUT2D eigenvalue weighted by Gasteiger charge is -2.35. The van der Waals surface area contributed by atoms with Crippen LogP contribution in [0.4, 0.5) is 0 Å². The van der Waals surface area contributed by atoms with E-state index in [2.05, 4.69) is 43.9 Å². The monoisotopic (exact) mass is 662 g/mol. The highest BCUT2D eigenvalue weighted by Crippen LogP contribution is 2.19. The van der Waals surface area contributed by atoms with Gasteiger partial charge in [0.1, 0.15) is 48.4 Å². The maximum atomic E-state index is 10.6. The molecule has 0 bridgehead atoms. The molecule has 0 aromatic heterocycles. The van der Waals surface area contributed by atoms with Crippen molar-refractivity contribution in [3.05, 3.63) is 83.9 Å². The predicted molar refractivity (Wildman–Crippen MR) is 188 cm³/mol. The number of rotatable bonds is 18. The molecule has 2 atom stereocenters. The van der Waals surface area contributed by atoms with Gasteiger partial charge >= 0.3 is 0 Å². The minimum Gasteiger partial charge on any atom is -0.494 e. The van der Waals surface area contributed by atoms with Crippen molar-refractivity contribution in [3.8, 4) is 23.0 Å². The second-order valence-corrected chi connectivity index (χ2v) is 12.7. The summed E-state index contributed by atoms with van der Waals surface area (Å²) in [4.78, 5) is 9.50. The lowest BCUT2D eigenvalue weighted by atomic mass is 10.2. The second kappa shape index (κ2) is 19.0. The molecular weight excluding hydrogens is 608 g/mol. The topological polar surface area (TPSA) is 90.3 Å². The van der Waals surface area contributed by atoms with Crippen molar-refractivity contribution < 1.29 is 29.2 Å². The smallest absolute Gasteiger partial charge is 0.119 e. The highest BCUT2D eigenvalue weighted by atomic mass is 16.5. The van der Waals surface area contributed by atoms with Crippen LogP contribution >= 0.6 is 0 Å². The molecule has 2 aliphatic heterocycles. The Morgan fingerprint density at radius 3 is 1.08 bits per heavy atom. The Bertz CT molecular complexity index is 1210. The van der Waals surface area contributed by atoms with Gasteiger partial charge in [-0.1, -0.05) is 24.3 Å². The van der Waals surface area contributed by atoms with Crippen LogP contribution in [0.5, 0.6) is 23.0 Å². The van der Waals surface area contributed by atoms with Crippen LogP contribution in [0.1, 0.15) is 25.0 Å². The summed E-state index contributed by atoms with van der Waals surface area (Å²) in [6, 6.07) is 24.1. The number of aliphatic hydroxyl groups is 2. The van der Waals surface area contributed by atoms with E-state index in [0.717, 1.165) is 76.9 Å². The fourth-order valence-electron chi connectivity index (χ4n) is 6.21. The van der Waals surface area contributed by atoms with E-state index in [4.69, 9.17) is 18.9 Å². The highest BCUT2D eigenvalue weighted by molar-refractivity contribution is 5.31. The molecule has 3 aromatic rings. The third-order valence-electron chi connectivity index (χ3n) is 8.86. The van der Waals surface area contributed by atoms with Gasteiger partial charge in [-0.2, -0.15) is 0 Å². The minimum absolute atomic E-state index is 0.235. The standard InChI is InChI=1S/C38H54N4O6/c1-3-45-35-9-5-31(6-10-35)25-39-17-21-41(22-18-39)27-33(43)29-47-37-13-15-38(16-14-37)48-30-34(44)28-42-23-19-40(20-24-42)26-32-7-11-36(12-8-32)46-4-2/h5-16,33-34,43-44H,3-4,17-30H2,1-2H3. The van der Waals surface area contributed by atoms with Crippen molar-refractivity contribution >= 4 is 0 Å². The quantitative estimate of drug-likeness (QED) is 0.211. The number of hydrogen-bond donors (Lipinski definition) is 2. The molecule has 48 heavy (non-hydrogen) atoms. The summed E-state index contributed by atoms with van der Waals surface area (Å²) in [5, 5.41) is 21.2. The first-order chi connectivity index (χ1) is 23.4. The van der Waals surface area contributed by atoms with E-state index < -0.39 is 12.2 Å². The zero-order valence-electron chi connectivity index (χ0n) is 28.7. The summed E-state index contributed by atoms with van der Waals surface area (Å²) in [5.74, 6) is 3.20. The van der Waals surface area contributed by atoms with Gasteiger partial charge in [0.2, 0.25) is 0 Å². The van der Waals surface area contributed by atoms with Gasteiger partial charge in [-0.3, -0.25) is 19.6 Å². The SMILES string of the molecule is CCOc1ccc(CN2CCN(CC(O)COc3ccc(OCC(O)CN4CCN(Cc5ccc(OCC)cc5)CC4)cc3)CC2)cc1. The van der Waals surface area contributed by atoms with E-state index in [1.807, 2.05) is 62.4 Å². The van der Waals surface area contributed by atoms with Crippen LogP contribution in [-0.4, -0.2) is 134 Å². The molecule has 10 nitrogen and oxygen atoms in total. The summed E-state index contributed by atoms with van der Waals surface area (Å²) in [6.45, 7) is 16.4. The average molecular weight is 663 g/mol. The van der Waals surface area contributed by atoms with E-state index in [9.17, 15) is 10.2 Å². The molecule has 3 aromatic carbocycles. The Hall–Kier alpha value is -3.38. The average Bonchev–Trinajstić information content (AvgIpc) is 3.10. The van der Waals surface area contributed by atoms with Crippen molar-refractivity contribution in [2.75, 3.05) is 91.9 Å². The van der Waals surface area contributed by atoms with Gasteiger partial charge in [0.05, 0.1) is 13.2 Å².